The van der Waals surface area contributed by atoms with Crippen molar-refractivity contribution in [3.05, 3.63) is 23.8 Å². The zero-order valence-electron chi connectivity index (χ0n) is 6.98. The molecule has 0 aromatic heterocycles. The standard InChI is InChI=1S/C10H16/c1-8(2)10-6-4-5-9(3)7-10/h5,10H,1,4,6-7H2,2-3H3. The van der Waals surface area contributed by atoms with E-state index < -0.39 is 0 Å². The minimum atomic E-state index is 0.769. The van der Waals surface area contributed by atoms with E-state index in [0.717, 1.165) is 5.92 Å². The van der Waals surface area contributed by atoms with E-state index in [9.17, 15) is 0 Å². The smallest absolute Gasteiger partial charge is 0.0169 e. The van der Waals surface area contributed by atoms with Crippen LogP contribution in [-0.4, -0.2) is 0 Å². The summed E-state index contributed by atoms with van der Waals surface area (Å²) in [4.78, 5) is 0. The van der Waals surface area contributed by atoms with Gasteiger partial charge in [0, 0.05) is 0 Å². The Morgan fingerprint density at radius 2 is 2.40 bits per heavy atom. The molecular formula is C10H16. The van der Waals surface area contributed by atoms with Crippen LogP contribution in [-0.2, 0) is 0 Å². The van der Waals surface area contributed by atoms with Crippen LogP contribution in [0.5, 0.6) is 0 Å². The Morgan fingerprint density at radius 1 is 1.70 bits per heavy atom. The van der Waals surface area contributed by atoms with Gasteiger partial charge in [0.1, 0.15) is 0 Å². The average molecular weight is 136 g/mol. The van der Waals surface area contributed by atoms with Crippen LogP contribution in [0.1, 0.15) is 33.1 Å². The van der Waals surface area contributed by atoms with Crippen molar-refractivity contribution < 1.29 is 0 Å². The molecule has 1 unspecified atom stereocenters. The fraction of sp³-hybridized carbons (Fsp3) is 0.600. The minimum absolute atomic E-state index is 0.769. The van der Waals surface area contributed by atoms with Crippen LogP contribution in [0.2, 0.25) is 0 Å². The van der Waals surface area contributed by atoms with Gasteiger partial charge >= 0.3 is 0 Å². The van der Waals surface area contributed by atoms with Gasteiger partial charge in [0.25, 0.3) is 0 Å². The van der Waals surface area contributed by atoms with E-state index in [2.05, 4.69) is 26.5 Å². The second kappa shape index (κ2) is 3.05. The van der Waals surface area contributed by atoms with Gasteiger partial charge in [-0.25, -0.2) is 0 Å². The lowest BCUT2D eigenvalue weighted by molar-refractivity contribution is 0.536. The number of rotatable bonds is 1. The SMILES string of the molecule is C=C(C)C1CCC=C(C)C1. The largest absolute Gasteiger partial charge is 0.0998 e. The Kier molecular flexibility index (Phi) is 2.31. The Bertz CT molecular complexity index is 163. The molecule has 0 saturated carbocycles. The molecule has 0 amide bonds. The molecule has 1 aliphatic carbocycles. The molecule has 0 saturated heterocycles. The van der Waals surface area contributed by atoms with Crippen LogP contribution < -0.4 is 0 Å². The quantitative estimate of drug-likeness (QED) is 0.485. The highest BCUT2D eigenvalue weighted by molar-refractivity contribution is 5.10. The van der Waals surface area contributed by atoms with Crippen molar-refractivity contribution >= 4 is 0 Å². The van der Waals surface area contributed by atoms with Crippen molar-refractivity contribution in [1.29, 1.82) is 0 Å². The van der Waals surface area contributed by atoms with Gasteiger partial charge in [-0.05, 0) is 39.0 Å². The maximum Gasteiger partial charge on any atom is -0.0169 e. The first kappa shape index (κ1) is 7.59. The third-order valence-electron chi connectivity index (χ3n) is 2.27. The van der Waals surface area contributed by atoms with E-state index in [4.69, 9.17) is 0 Å². The molecule has 0 fully saturated rings. The summed E-state index contributed by atoms with van der Waals surface area (Å²) in [5, 5.41) is 0. The summed E-state index contributed by atoms with van der Waals surface area (Å²) in [6.45, 7) is 8.35. The van der Waals surface area contributed by atoms with E-state index in [1.54, 1.807) is 5.57 Å². The second-order valence-electron chi connectivity index (χ2n) is 3.38. The molecule has 0 N–H and O–H groups in total. The van der Waals surface area contributed by atoms with Crippen molar-refractivity contribution in [2.24, 2.45) is 5.92 Å². The summed E-state index contributed by atoms with van der Waals surface area (Å²) in [5.41, 5.74) is 2.90. The third-order valence-corrected chi connectivity index (χ3v) is 2.27. The molecule has 56 valence electrons. The van der Waals surface area contributed by atoms with Gasteiger partial charge in [0.05, 0.1) is 0 Å². The van der Waals surface area contributed by atoms with Gasteiger partial charge in [-0.2, -0.15) is 0 Å². The van der Waals surface area contributed by atoms with Crippen molar-refractivity contribution in [2.75, 3.05) is 0 Å². The molecule has 10 heavy (non-hydrogen) atoms. The van der Waals surface area contributed by atoms with Gasteiger partial charge < -0.3 is 0 Å². The highest BCUT2D eigenvalue weighted by Gasteiger charge is 2.12. The second-order valence-corrected chi connectivity index (χ2v) is 3.38. The van der Waals surface area contributed by atoms with Crippen LogP contribution in [0, 0.1) is 5.92 Å². The molecule has 0 heteroatoms. The molecule has 1 atom stereocenters. The molecule has 0 spiro atoms. The molecule has 0 bridgehead atoms. The lowest BCUT2D eigenvalue weighted by atomic mass is 9.85. The third kappa shape index (κ3) is 1.73. The summed E-state index contributed by atoms with van der Waals surface area (Å²) in [6, 6.07) is 0. The number of hydrogen-bond donors (Lipinski definition) is 0. The van der Waals surface area contributed by atoms with Gasteiger partial charge in [0.2, 0.25) is 0 Å². The van der Waals surface area contributed by atoms with Crippen LogP contribution in [0.4, 0.5) is 0 Å². The first-order valence-electron chi connectivity index (χ1n) is 4.01. The minimum Gasteiger partial charge on any atom is -0.0998 e. The fourth-order valence-corrected chi connectivity index (χ4v) is 1.53. The van der Waals surface area contributed by atoms with Crippen LogP contribution >= 0.6 is 0 Å². The molecule has 1 rings (SSSR count). The van der Waals surface area contributed by atoms with Crippen LogP contribution in [0.15, 0.2) is 23.8 Å². The first-order chi connectivity index (χ1) is 4.70. The summed E-state index contributed by atoms with van der Waals surface area (Å²) in [6.07, 6.45) is 6.16. The van der Waals surface area contributed by atoms with Gasteiger partial charge in [0.15, 0.2) is 0 Å². The average Bonchev–Trinajstić information content (AvgIpc) is 1.88. The van der Waals surface area contributed by atoms with Gasteiger partial charge in [-0.1, -0.05) is 23.8 Å². The lowest BCUT2D eigenvalue weighted by Crippen LogP contribution is -2.05. The molecule has 0 radical (unpaired) electrons. The Labute approximate surface area is 63.6 Å². The van der Waals surface area contributed by atoms with Crippen molar-refractivity contribution in [3.8, 4) is 0 Å². The Morgan fingerprint density at radius 3 is 2.80 bits per heavy atom. The molecular weight excluding hydrogens is 120 g/mol. The maximum absolute atomic E-state index is 3.99. The lowest BCUT2D eigenvalue weighted by Gasteiger charge is -2.20. The zero-order chi connectivity index (χ0) is 7.56. The summed E-state index contributed by atoms with van der Waals surface area (Å²) >= 11 is 0. The predicted molar refractivity (Wildman–Crippen MR) is 45.9 cm³/mol. The molecule has 1 aliphatic rings. The Balaban J connectivity index is 2.53. The van der Waals surface area contributed by atoms with Gasteiger partial charge in [-0.3, -0.25) is 0 Å². The highest BCUT2D eigenvalue weighted by atomic mass is 14.2. The molecule has 0 heterocycles. The number of allylic oxidation sites excluding steroid dienone is 3. The van der Waals surface area contributed by atoms with Crippen LogP contribution in [0.25, 0.3) is 0 Å². The molecule has 0 aromatic rings. The van der Waals surface area contributed by atoms with Crippen molar-refractivity contribution in [1.82, 2.24) is 0 Å². The zero-order valence-corrected chi connectivity index (χ0v) is 6.98. The topological polar surface area (TPSA) is 0 Å². The van der Waals surface area contributed by atoms with Crippen LogP contribution in [0.3, 0.4) is 0 Å². The maximum atomic E-state index is 3.99. The molecule has 0 aromatic carbocycles. The normalized spacial score (nSPS) is 25.8. The van der Waals surface area contributed by atoms with E-state index in [-0.39, 0.29) is 0 Å². The monoisotopic (exact) mass is 136 g/mol. The molecule has 0 aliphatic heterocycles. The molecule has 0 nitrogen and oxygen atoms in total. The van der Waals surface area contributed by atoms with E-state index in [1.165, 1.54) is 24.8 Å². The van der Waals surface area contributed by atoms with Gasteiger partial charge in [-0.15, -0.1) is 0 Å². The van der Waals surface area contributed by atoms with Crippen molar-refractivity contribution in [3.63, 3.8) is 0 Å². The van der Waals surface area contributed by atoms with E-state index >= 15 is 0 Å². The number of hydrogen-bond acceptors (Lipinski definition) is 0. The summed E-state index contributed by atoms with van der Waals surface area (Å²) < 4.78 is 0. The first-order valence-corrected chi connectivity index (χ1v) is 4.01. The predicted octanol–water partition coefficient (Wildman–Crippen LogP) is 3.31. The van der Waals surface area contributed by atoms with E-state index in [1.807, 2.05) is 0 Å². The van der Waals surface area contributed by atoms with Crippen molar-refractivity contribution in [2.45, 2.75) is 33.1 Å². The Hall–Kier alpha value is -0.520. The summed E-state index contributed by atoms with van der Waals surface area (Å²) in [7, 11) is 0. The van der Waals surface area contributed by atoms with E-state index in [0.29, 0.717) is 0 Å². The summed E-state index contributed by atoms with van der Waals surface area (Å²) in [5.74, 6) is 0.769. The highest BCUT2D eigenvalue weighted by Crippen LogP contribution is 2.28. The fourth-order valence-electron chi connectivity index (χ4n) is 1.53.